The molecule has 0 N–H and O–H groups in total. The van der Waals surface area contributed by atoms with Crippen molar-refractivity contribution >= 4 is 23.4 Å². The van der Waals surface area contributed by atoms with Crippen molar-refractivity contribution in [3.63, 3.8) is 0 Å². The lowest BCUT2D eigenvalue weighted by molar-refractivity contribution is -0.136. The summed E-state index contributed by atoms with van der Waals surface area (Å²) in [5.74, 6) is 0.298. The molecular weight excluding hydrogens is 490 g/mol. The Morgan fingerprint density at radius 1 is 0.949 bits per heavy atom. The number of amides is 3. The molecule has 200 valence electrons. The molecule has 6 rings (SSSR count). The van der Waals surface area contributed by atoms with Crippen LogP contribution in [0.2, 0.25) is 0 Å². The predicted octanol–water partition coefficient (Wildman–Crippen LogP) is 4.34. The van der Waals surface area contributed by atoms with Crippen LogP contribution in [0.25, 0.3) is 0 Å². The molecule has 0 bridgehead atoms. The second-order valence-corrected chi connectivity index (χ2v) is 10.6. The molecule has 3 aliphatic heterocycles. The van der Waals surface area contributed by atoms with Gasteiger partial charge in [-0.2, -0.15) is 0 Å². The maximum Gasteiger partial charge on any atom is 0.263 e. The summed E-state index contributed by atoms with van der Waals surface area (Å²) in [4.78, 5) is 45.9. The number of methoxy groups -OCH3 is 1. The van der Waals surface area contributed by atoms with Crippen LogP contribution in [-0.4, -0.2) is 60.8 Å². The number of hydrogen-bond donors (Lipinski definition) is 0. The van der Waals surface area contributed by atoms with E-state index in [1.54, 1.807) is 13.2 Å². The fourth-order valence-corrected chi connectivity index (χ4v) is 6.19. The third-order valence-corrected chi connectivity index (χ3v) is 8.29. The predicted molar refractivity (Wildman–Crippen MR) is 149 cm³/mol. The van der Waals surface area contributed by atoms with Gasteiger partial charge in [0.2, 0.25) is 5.91 Å². The number of piperidine rings is 1. The van der Waals surface area contributed by atoms with E-state index in [9.17, 15) is 14.4 Å². The third-order valence-electron chi connectivity index (χ3n) is 8.29. The molecule has 3 aliphatic rings. The number of carbonyl (C=O) groups is 3. The summed E-state index contributed by atoms with van der Waals surface area (Å²) in [6.07, 6.45) is 3.14. The Morgan fingerprint density at radius 2 is 1.77 bits per heavy atom. The van der Waals surface area contributed by atoms with Gasteiger partial charge in [0.1, 0.15) is 5.75 Å². The van der Waals surface area contributed by atoms with Crippen LogP contribution in [0, 0.1) is 5.92 Å². The Hall–Kier alpha value is -4.13. The molecule has 0 saturated carbocycles. The van der Waals surface area contributed by atoms with E-state index < -0.39 is 0 Å². The van der Waals surface area contributed by atoms with Crippen molar-refractivity contribution in [2.24, 2.45) is 5.92 Å². The first-order valence-corrected chi connectivity index (χ1v) is 13.8. The number of fused-ring (bicyclic) bond motifs is 2. The fraction of sp³-hybridized carbons (Fsp3) is 0.344. The average Bonchev–Trinajstić information content (AvgIpc) is 3.24. The van der Waals surface area contributed by atoms with Gasteiger partial charge in [0.15, 0.2) is 0 Å². The number of benzene rings is 3. The maximum atomic E-state index is 13.6. The van der Waals surface area contributed by atoms with E-state index in [2.05, 4.69) is 23.1 Å². The van der Waals surface area contributed by atoms with Gasteiger partial charge in [-0.25, -0.2) is 0 Å². The normalized spacial score (nSPS) is 18.7. The number of hydrogen-bond acceptors (Lipinski definition) is 5. The van der Waals surface area contributed by atoms with Gasteiger partial charge < -0.3 is 14.5 Å². The van der Waals surface area contributed by atoms with Gasteiger partial charge in [0.25, 0.3) is 11.8 Å². The minimum absolute atomic E-state index is 0.128. The van der Waals surface area contributed by atoms with Crippen LogP contribution in [0.4, 0.5) is 5.69 Å². The summed E-state index contributed by atoms with van der Waals surface area (Å²) in [5, 5.41) is 0. The molecule has 3 aromatic rings. The van der Waals surface area contributed by atoms with E-state index in [-0.39, 0.29) is 23.6 Å². The van der Waals surface area contributed by atoms with E-state index in [4.69, 9.17) is 4.74 Å². The molecule has 1 atom stereocenters. The van der Waals surface area contributed by atoms with Crippen LogP contribution in [0.5, 0.6) is 5.75 Å². The van der Waals surface area contributed by atoms with E-state index in [1.165, 1.54) is 16.0 Å². The van der Waals surface area contributed by atoms with Gasteiger partial charge in [-0.15, -0.1) is 0 Å². The third kappa shape index (κ3) is 4.78. The largest absolute Gasteiger partial charge is 0.497 e. The van der Waals surface area contributed by atoms with Crippen LogP contribution >= 0.6 is 0 Å². The number of rotatable bonds is 6. The van der Waals surface area contributed by atoms with Crippen molar-refractivity contribution in [2.45, 2.75) is 32.2 Å². The molecule has 0 radical (unpaired) electrons. The molecule has 3 aromatic carbocycles. The van der Waals surface area contributed by atoms with Gasteiger partial charge in [0, 0.05) is 32.7 Å². The Balaban J connectivity index is 1.17. The summed E-state index contributed by atoms with van der Waals surface area (Å²) < 4.78 is 5.30. The van der Waals surface area contributed by atoms with Crippen molar-refractivity contribution in [1.29, 1.82) is 0 Å². The first-order valence-electron chi connectivity index (χ1n) is 13.8. The molecule has 1 fully saturated rings. The highest BCUT2D eigenvalue weighted by atomic mass is 16.5. The molecule has 7 nitrogen and oxygen atoms in total. The monoisotopic (exact) mass is 523 g/mol. The Morgan fingerprint density at radius 3 is 2.62 bits per heavy atom. The molecule has 0 aromatic heterocycles. The van der Waals surface area contributed by atoms with Crippen LogP contribution in [0.15, 0.2) is 66.7 Å². The zero-order valence-corrected chi connectivity index (χ0v) is 22.3. The van der Waals surface area contributed by atoms with Crippen molar-refractivity contribution < 1.29 is 19.1 Å². The Bertz CT molecular complexity index is 1430. The summed E-state index contributed by atoms with van der Waals surface area (Å²) >= 11 is 0. The van der Waals surface area contributed by atoms with Crippen LogP contribution < -0.4 is 9.64 Å². The summed E-state index contributed by atoms with van der Waals surface area (Å²) in [7, 11) is 1.62. The smallest absolute Gasteiger partial charge is 0.263 e. The van der Waals surface area contributed by atoms with Gasteiger partial charge >= 0.3 is 0 Å². The van der Waals surface area contributed by atoms with Crippen molar-refractivity contribution in [2.75, 3.05) is 38.2 Å². The van der Waals surface area contributed by atoms with Crippen LogP contribution in [0.1, 0.15) is 50.2 Å². The molecule has 3 heterocycles. The zero-order valence-electron chi connectivity index (χ0n) is 22.3. The van der Waals surface area contributed by atoms with Crippen molar-refractivity contribution in [3.8, 4) is 5.75 Å². The molecule has 3 amide bonds. The van der Waals surface area contributed by atoms with Crippen molar-refractivity contribution in [3.05, 3.63) is 94.5 Å². The number of nitrogens with zero attached hydrogens (tertiary/aromatic N) is 3. The van der Waals surface area contributed by atoms with Crippen LogP contribution in [0.3, 0.4) is 0 Å². The minimum atomic E-state index is -0.255. The van der Waals surface area contributed by atoms with E-state index in [1.807, 2.05) is 47.4 Å². The Kier molecular flexibility index (Phi) is 6.81. The molecular formula is C32H33N3O4. The van der Waals surface area contributed by atoms with E-state index >= 15 is 0 Å². The second-order valence-electron chi connectivity index (χ2n) is 10.6. The molecule has 1 saturated heterocycles. The standard InChI is InChI=1S/C32H33N3O4/c1-39-26-11-4-7-22(19-26)14-18-35-31(37)27-12-5-13-28(29(27)32(35)38)33-16-6-10-25(21-33)30(36)34-17-15-23-8-2-3-9-24(23)20-34/h2-5,7-9,11-13,19,25H,6,10,14-18,20-21H2,1H3. The number of carbonyl (C=O) groups excluding carboxylic acids is 3. The number of anilines is 1. The summed E-state index contributed by atoms with van der Waals surface area (Å²) in [6.45, 7) is 3.01. The van der Waals surface area contributed by atoms with Gasteiger partial charge in [-0.3, -0.25) is 19.3 Å². The van der Waals surface area contributed by atoms with Crippen molar-refractivity contribution in [1.82, 2.24) is 9.80 Å². The highest BCUT2D eigenvalue weighted by Gasteiger charge is 2.39. The van der Waals surface area contributed by atoms with Crippen LogP contribution in [-0.2, 0) is 24.2 Å². The first-order chi connectivity index (χ1) is 19.0. The molecule has 7 heteroatoms. The molecule has 0 aliphatic carbocycles. The minimum Gasteiger partial charge on any atom is -0.497 e. The topological polar surface area (TPSA) is 70.2 Å². The van der Waals surface area contributed by atoms with Gasteiger partial charge in [0.05, 0.1) is 29.8 Å². The van der Waals surface area contributed by atoms with E-state index in [0.29, 0.717) is 37.2 Å². The lowest BCUT2D eigenvalue weighted by Crippen LogP contribution is -2.46. The lowest BCUT2D eigenvalue weighted by Gasteiger charge is -2.38. The highest BCUT2D eigenvalue weighted by Crippen LogP contribution is 2.35. The molecule has 1 unspecified atom stereocenters. The SMILES string of the molecule is COc1cccc(CCN2C(=O)c3cccc(N4CCCC(C(=O)N5CCc6ccccc6C5)C4)c3C2=O)c1. The first kappa shape index (κ1) is 25.2. The second kappa shape index (κ2) is 10.6. The highest BCUT2D eigenvalue weighted by molar-refractivity contribution is 6.23. The van der Waals surface area contributed by atoms with Gasteiger partial charge in [-0.05, 0) is 66.6 Å². The maximum absolute atomic E-state index is 13.6. The van der Waals surface area contributed by atoms with E-state index in [0.717, 1.165) is 49.4 Å². The molecule has 0 spiro atoms. The summed E-state index contributed by atoms with van der Waals surface area (Å²) in [5.41, 5.74) is 5.23. The summed E-state index contributed by atoms with van der Waals surface area (Å²) in [6, 6.07) is 21.5. The average molecular weight is 524 g/mol. The number of imide groups is 1. The fourth-order valence-electron chi connectivity index (χ4n) is 6.19. The number of ether oxygens (including phenoxy) is 1. The molecule has 39 heavy (non-hydrogen) atoms. The Labute approximate surface area is 229 Å². The lowest BCUT2D eigenvalue weighted by atomic mass is 9.93. The van der Waals surface area contributed by atoms with Gasteiger partial charge in [-0.1, -0.05) is 42.5 Å². The quantitative estimate of drug-likeness (QED) is 0.450. The zero-order chi connectivity index (χ0) is 26.9.